The van der Waals surface area contributed by atoms with Crippen molar-refractivity contribution in [3.63, 3.8) is 0 Å². The van der Waals surface area contributed by atoms with E-state index in [1.165, 1.54) is 12.1 Å². The second-order valence-electron chi connectivity index (χ2n) is 7.42. The first-order valence-electron chi connectivity index (χ1n) is 9.67. The van der Waals surface area contributed by atoms with Crippen molar-refractivity contribution in [1.82, 2.24) is 20.1 Å². The number of aryl methyl sites for hydroxylation is 1. The highest BCUT2D eigenvalue weighted by molar-refractivity contribution is 5.98. The van der Waals surface area contributed by atoms with Crippen LogP contribution in [0.5, 0.6) is 5.75 Å². The number of fused-ring (bicyclic) bond motifs is 1. The summed E-state index contributed by atoms with van der Waals surface area (Å²) in [7, 11) is 0. The van der Waals surface area contributed by atoms with Gasteiger partial charge < -0.3 is 15.2 Å². The molecule has 31 heavy (non-hydrogen) atoms. The van der Waals surface area contributed by atoms with Crippen molar-refractivity contribution in [3.05, 3.63) is 53.3 Å². The summed E-state index contributed by atoms with van der Waals surface area (Å²) in [6.07, 6.45) is -3.96. The molecule has 166 valence electrons. The third-order valence-corrected chi connectivity index (χ3v) is 4.60. The first kappa shape index (κ1) is 22.5. The van der Waals surface area contributed by atoms with Crippen LogP contribution in [0.3, 0.4) is 0 Å². The lowest BCUT2D eigenvalue weighted by Crippen LogP contribution is -2.35. The van der Waals surface area contributed by atoms with Crippen LogP contribution in [0.4, 0.5) is 13.2 Å². The molecule has 0 radical (unpaired) electrons. The fourth-order valence-corrected chi connectivity index (χ4v) is 2.99. The minimum Gasteiger partial charge on any atom is -0.491 e. The normalized spacial score (nSPS) is 12.9. The Morgan fingerprint density at radius 2 is 2.03 bits per heavy atom. The van der Waals surface area contributed by atoms with Gasteiger partial charge in [0.05, 0.1) is 23.0 Å². The number of nitrogens with zero attached hydrogens (tertiary/aromatic N) is 3. The van der Waals surface area contributed by atoms with Crippen molar-refractivity contribution in [1.29, 1.82) is 0 Å². The van der Waals surface area contributed by atoms with Crippen LogP contribution in [0.25, 0.3) is 11.0 Å². The number of halogens is 3. The van der Waals surface area contributed by atoms with Crippen molar-refractivity contribution in [2.45, 2.75) is 39.1 Å². The van der Waals surface area contributed by atoms with Crippen molar-refractivity contribution >= 4 is 16.9 Å². The minimum absolute atomic E-state index is 0.0205. The number of ether oxygens (including phenoxy) is 1. The highest BCUT2D eigenvalue weighted by Crippen LogP contribution is 2.31. The summed E-state index contributed by atoms with van der Waals surface area (Å²) in [6, 6.07) is 6.18. The summed E-state index contributed by atoms with van der Waals surface area (Å²) < 4.78 is 45.2. The van der Waals surface area contributed by atoms with Gasteiger partial charge in [-0.05, 0) is 45.0 Å². The first-order chi connectivity index (χ1) is 14.6. The van der Waals surface area contributed by atoms with Crippen molar-refractivity contribution in [2.24, 2.45) is 0 Å². The molecule has 1 amide bonds. The topological polar surface area (TPSA) is 89.3 Å². The average molecular weight is 436 g/mol. The molecule has 7 nitrogen and oxygen atoms in total. The van der Waals surface area contributed by atoms with Gasteiger partial charge in [0.15, 0.2) is 5.65 Å². The molecule has 1 aromatic carbocycles. The SMILES string of the molecule is Cc1nc2c(cnn2C(C)C)cc1C(=O)NCC(O)COc1cccc(C(F)(F)F)c1. The fourth-order valence-electron chi connectivity index (χ4n) is 2.99. The van der Waals surface area contributed by atoms with Crippen molar-refractivity contribution in [3.8, 4) is 5.75 Å². The molecule has 3 aromatic rings. The van der Waals surface area contributed by atoms with E-state index >= 15 is 0 Å². The van der Waals surface area contributed by atoms with E-state index in [-0.39, 0.29) is 24.9 Å². The van der Waals surface area contributed by atoms with Gasteiger partial charge >= 0.3 is 6.18 Å². The van der Waals surface area contributed by atoms with Crippen LogP contribution in [0.2, 0.25) is 0 Å². The van der Waals surface area contributed by atoms with Crippen LogP contribution in [-0.4, -0.2) is 45.0 Å². The molecule has 0 spiro atoms. The van der Waals surface area contributed by atoms with Gasteiger partial charge in [0.25, 0.3) is 5.91 Å². The van der Waals surface area contributed by atoms with E-state index < -0.39 is 23.8 Å². The number of amides is 1. The Morgan fingerprint density at radius 1 is 1.29 bits per heavy atom. The summed E-state index contributed by atoms with van der Waals surface area (Å²) in [5, 5.41) is 17.6. The third-order valence-electron chi connectivity index (χ3n) is 4.60. The maximum Gasteiger partial charge on any atom is 0.416 e. The van der Waals surface area contributed by atoms with Crippen LogP contribution < -0.4 is 10.1 Å². The van der Waals surface area contributed by atoms with E-state index in [0.717, 1.165) is 17.5 Å². The molecule has 2 heterocycles. The Labute approximate surface area is 176 Å². The van der Waals surface area contributed by atoms with E-state index in [4.69, 9.17) is 4.74 Å². The average Bonchev–Trinajstić information content (AvgIpc) is 3.12. The van der Waals surface area contributed by atoms with Gasteiger partial charge in [-0.1, -0.05) is 6.07 Å². The first-order valence-corrected chi connectivity index (χ1v) is 9.67. The summed E-state index contributed by atoms with van der Waals surface area (Å²) >= 11 is 0. The molecule has 0 aliphatic rings. The molecule has 2 aromatic heterocycles. The number of rotatable bonds is 7. The number of aliphatic hydroxyl groups is 1. The minimum atomic E-state index is -4.48. The summed E-state index contributed by atoms with van der Waals surface area (Å²) in [5.74, 6) is -0.449. The lowest BCUT2D eigenvalue weighted by molar-refractivity contribution is -0.137. The fraction of sp³-hybridized carbons (Fsp3) is 0.381. The zero-order valence-corrected chi connectivity index (χ0v) is 17.3. The van der Waals surface area contributed by atoms with E-state index in [1.807, 2.05) is 13.8 Å². The summed E-state index contributed by atoms with van der Waals surface area (Å²) in [4.78, 5) is 17.0. The molecule has 0 saturated heterocycles. The number of carbonyl (C=O) groups excluding carboxylic acids is 1. The van der Waals surface area contributed by atoms with E-state index in [2.05, 4.69) is 15.4 Å². The van der Waals surface area contributed by atoms with Gasteiger partial charge in [-0.15, -0.1) is 0 Å². The van der Waals surface area contributed by atoms with Crippen LogP contribution in [-0.2, 0) is 6.18 Å². The number of alkyl halides is 3. The summed E-state index contributed by atoms with van der Waals surface area (Å²) in [6.45, 7) is 5.25. The maximum absolute atomic E-state index is 12.7. The maximum atomic E-state index is 12.7. The second kappa shape index (κ2) is 8.93. The van der Waals surface area contributed by atoms with Gasteiger partial charge in [-0.2, -0.15) is 18.3 Å². The molecular weight excluding hydrogens is 413 g/mol. The van der Waals surface area contributed by atoms with Gasteiger partial charge in [0.2, 0.25) is 0 Å². The smallest absolute Gasteiger partial charge is 0.416 e. The Kier molecular flexibility index (Phi) is 6.49. The number of aliphatic hydroxyl groups excluding tert-OH is 1. The molecule has 0 fully saturated rings. The van der Waals surface area contributed by atoms with Crippen LogP contribution in [0.1, 0.15) is 41.5 Å². The number of benzene rings is 1. The van der Waals surface area contributed by atoms with Gasteiger partial charge in [-0.3, -0.25) is 4.79 Å². The predicted molar refractivity (Wildman–Crippen MR) is 108 cm³/mol. The number of hydrogen-bond donors (Lipinski definition) is 2. The predicted octanol–water partition coefficient (Wildman–Crippen LogP) is 3.51. The number of pyridine rings is 1. The van der Waals surface area contributed by atoms with E-state index in [0.29, 0.717) is 16.9 Å². The highest BCUT2D eigenvalue weighted by atomic mass is 19.4. The molecule has 3 rings (SSSR count). The van der Waals surface area contributed by atoms with Crippen LogP contribution >= 0.6 is 0 Å². The highest BCUT2D eigenvalue weighted by Gasteiger charge is 2.30. The molecule has 10 heteroatoms. The molecule has 1 atom stereocenters. The summed E-state index contributed by atoms with van der Waals surface area (Å²) in [5.41, 5.74) is 0.703. The standard InChI is InChI=1S/C21H23F3N4O3/c1-12(2)28-19-14(9-26-28)7-18(13(3)27-19)20(30)25-10-16(29)11-31-17-6-4-5-15(8-17)21(22,23)24/h4-9,12,16,29H,10-11H2,1-3H3,(H,25,30). The Balaban J connectivity index is 1.59. The number of carbonyl (C=O) groups is 1. The molecule has 0 saturated carbocycles. The number of aromatic nitrogens is 3. The Bertz CT molecular complexity index is 1080. The molecular formula is C21H23F3N4O3. The zero-order chi connectivity index (χ0) is 22.8. The zero-order valence-electron chi connectivity index (χ0n) is 17.3. The monoisotopic (exact) mass is 436 g/mol. The Morgan fingerprint density at radius 3 is 2.71 bits per heavy atom. The van der Waals surface area contributed by atoms with Gasteiger partial charge in [0.1, 0.15) is 18.5 Å². The van der Waals surface area contributed by atoms with Crippen LogP contribution in [0.15, 0.2) is 36.5 Å². The number of hydrogen-bond acceptors (Lipinski definition) is 5. The largest absolute Gasteiger partial charge is 0.491 e. The van der Waals surface area contributed by atoms with Gasteiger partial charge in [-0.25, -0.2) is 9.67 Å². The Hall–Kier alpha value is -3.14. The molecule has 2 N–H and O–H groups in total. The van der Waals surface area contributed by atoms with E-state index in [9.17, 15) is 23.1 Å². The molecule has 0 aliphatic heterocycles. The molecule has 1 unspecified atom stereocenters. The van der Waals surface area contributed by atoms with Crippen molar-refractivity contribution < 1.29 is 27.8 Å². The van der Waals surface area contributed by atoms with E-state index in [1.54, 1.807) is 23.9 Å². The van der Waals surface area contributed by atoms with Gasteiger partial charge in [0, 0.05) is 18.0 Å². The second-order valence-corrected chi connectivity index (χ2v) is 7.42. The quantitative estimate of drug-likeness (QED) is 0.592. The lowest BCUT2D eigenvalue weighted by Gasteiger charge is -2.15. The lowest BCUT2D eigenvalue weighted by atomic mass is 10.1. The van der Waals surface area contributed by atoms with Crippen molar-refractivity contribution in [2.75, 3.05) is 13.2 Å². The molecule has 0 bridgehead atoms. The number of nitrogens with one attached hydrogen (secondary N) is 1. The third kappa shape index (κ3) is 5.32. The van der Waals surface area contributed by atoms with Crippen LogP contribution in [0, 0.1) is 6.92 Å². The molecule has 0 aliphatic carbocycles.